The molecule has 0 bridgehead atoms. The highest BCUT2D eigenvalue weighted by Crippen LogP contribution is 2.50. The summed E-state index contributed by atoms with van der Waals surface area (Å²) in [7, 11) is 1.54. The van der Waals surface area contributed by atoms with Crippen LogP contribution in [0.1, 0.15) is 17.9 Å². The van der Waals surface area contributed by atoms with E-state index in [9.17, 15) is 14.4 Å². The molecule has 128 valence electrons. The normalized spacial score (nSPS) is 23.2. The van der Waals surface area contributed by atoms with Gasteiger partial charge in [-0.2, -0.15) is 0 Å². The fourth-order valence-corrected chi connectivity index (χ4v) is 3.41. The lowest BCUT2D eigenvalue weighted by Gasteiger charge is -2.34. The van der Waals surface area contributed by atoms with Crippen molar-refractivity contribution in [3.63, 3.8) is 0 Å². The summed E-state index contributed by atoms with van der Waals surface area (Å²) >= 11 is 6.20. The highest BCUT2D eigenvalue weighted by Gasteiger charge is 2.47. The third kappa shape index (κ3) is 3.38. The molecule has 1 saturated carbocycles. The van der Waals surface area contributed by atoms with Crippen LogP contribution < -0.4 is 5.32 Å². The van der Waals surface area contributed by atoms with Gasteiger partial charge in [-0.05, 0) is 24.0 Å². The number of rotatable bonds is 4. The zero-order valence-corrected chi connectivity index (χ0v) is 14.3. The SMILES string of the molecule is CNC(=O)CN1CCN(C(=O)[C@@H]2C[C@@H]2c2ccccc2Cl)CC1=O. The molecule has 2 aliphatic rings. The molecular formula is C17H20ClN3O3. The minimum absolute atomic E-state index is 0.00728. The Labute approximate surface area is 145 Å². The van der Waals surface area contributed by atoms with Crippen molar-refractivity contribution in [3.05, 3.63) is 34.9 Å². The van der Waals surface area contributed by atoms with Crippen molar-refractivity contribution >= 4 is 29.3 Å². The van der Waals surface area contributed by atoms with Crippen LogP contribution in [0.3, 0.4) is 0 Å². The third-order valence-electron chi connectivity index (χ3n) is 4.66. The molecule has 3 amide bonds. The van der Waals surface area contributed by atoms with Crippen LogP contribution in [0.2, 0.25) is 5.02 Å². The summed E-state index contributed by atoms with van der Waals surface area (Å²) in [4.78, 5) is 39.2. The summed E-state index contributed by atoms with van der Waals surface area (Å²) < 4.78 is 0. The Balaban J connectivity index is 1.57. The largest absolute Gasteiger partial charge is 0.358 e. The molecule has 7 heteroatoms. The maximum absolute atomic E-state index is 12.6. The first-order valence-electron chi connectivity index (χ1n) is 8.03. The van der Waals surface area contributed by atoms with E-state index < -0.39 is 0 Å². The molecule has 1 aliphatic heterocycles. The average Bonchev–Trinajstić information content (AvgIpc) is 3.36. The molecule has 1 aliphatic carbocycles. The van der Waals surface area contributed by atoms with Gasteiger partial charge in [-0.1, -0.05) is 29.8 Å². The van der Waals surface area contributed by atoms with Crippen molar-refractivity contribution < 1.29 is 14.4 Å². The van der Waals surface area contributed by atoms with Crippen LogP contribution >= 0.6 is 11.6 Å². The van der Waals surface area contributed by atoms with Gasteiger partial charge >= 0.3 is 0 Å². The summed E-state index contributed by atoms with van der Waals surface area (Å²) in [6, 6.07) is 7.57. The number of piperazine rings is 1. The average molecular weight is 350 g/mol. The number of carbonyl (C=O) groups is 3. The van der Waals surface area contributed by atoms with E-state index in [4.69, 9.17) is 11.6 Å². The van der Waals surface area contributed by atoms with Crippen molar-refractivity contribution in [3.8, 4) is 0 Å². The number of amides is 3. The minimum Gasteiger partial charge on any atom is -0.358 e. The Bertz CT molecular complexity index is 679. The maximum Gasteiger partial charge on any atom is 0.242 e. The van der Waals surface area contributed by atoms with Crippen LogP contribution in [0.15, 0.2) is 24.3 Å². The molecular weight excluding hydrogens is 330 g/mol. The van der Waals surface area contributed by atoms with Gasteiger partial charge in [0.15, 0.2) is 0 Å². The molecule has 2 atom stereocenters. The lowest BCUT2D eigenvalue weighted by Crippen LogP contribution is -2.54. The predicted octanol–water partition coefficient (Wildman–Crippen LogP) is 0.860. The molecule has 1 aromatic rings. The van der Waals surface area contributed by atoms with Crippen molar-refractivity contribution in [1.29, 1.82) is 0 Å². The molecule has 1 aromatic carbocycles. The zero-order chi connectivity index (χ0) is 17.3. The van der Waals surface area contributed by atoms with E-state index >= 15 is 0 Å². The molecule has 1 saturated heterocycles. The number of hydrogen-bond acceptors (Lipinski definition) is 3. The lowest BCUT2D eigenvalue weighted by molar-refractivity contribution is -0.147. The number of nitrogens with zero attached hydrogens (tertiary/aromatic N) is 2. The number of benzene rings is 1. The molecule has 1 heterocycles. The molecule has 0 unspecified atom stereocenters. The molecule has 2 fully saturated rings. The topological polar surface area (TPSA) is 69.7 Å². The van der Waals surface area contributed by atoms with Crippen LogP contribution in [0, 0.1) is 5.92 Å². The molecule has 3 rings (SSSR count). The van der Waals surface area contributed by atoms with Crippen molar-refractivity contribution in [2.75, 3.05) is 33.2 Å². The van der Waals surface area contributed by atoms with E-state index in [0.717, 1.165) is 12.0 Å². The Morgan fingerprint density at radius 1 is 1.29 bits per heavy atom. The summed E-state index contributed by atoms with van der Waals surface area (Å²) in [5.74, 6) is -0.335. The van der Waals surface area contributed by atoms with Crippen molar-refractivity contribution in [2.45, 2.75) is 12.3 Å². The van der Waals surface area contributed by atoms with Gasteiger partial charge in [0.1, 0.15) is 0 Å². The second-order valence-corrected chi connectivity index (χ2v) is 6.63. The minimum atomic E-state index is -0.205. The summed E-state index contributed by atoms with van der Waals surface area (Å²) in [6.45, 7) is 0.944. The van der Waals surface area contributed by atoms with Gasteiger partial charge in [0.25, 0.3) is 0 Å². The van der Waals surface area contributed by atoms with E-state index in [2.05, 4.69) is 5.32 Å². The van der Waals surface area contributed by atoms with Crippen molar-refractivity contribution in [1.82, 2.24) is 15.1 Å². The Kier molecular flexibility index (Phi) is 4.76. The van der Waals surface area contributed by atoms with Crippen LogP contribution in [-0.4, -0.2) is 60.7 Å². The van der Waals surface area contributed by atoms with E-state index in [1.165, 1.54) is 11.9 Å². The second kappa shape index (κ2) is 6.81. The summed E-state index contributed by atoms with van der Waals surface area (Å²) in [5, 5.41) is 3.18. The molecule has 0 spiro atoms. The highest BCUT2D eigenvalue weighted by molar-refractivity contribution is 6.31. The van der Waals surface area contributed by atoms with E-state index in [1.807, 2.05) is 24.3 Å². The Morgan fingerprint density at radius 2 is 2.04 bits per heavy atom. The first kappa shape index (κ1) is 16.8. The standard InChI is InChI=1S/C17H20ClN3O3/c1-19-15(22)9-20-6-7-21(10-16(20)23)17(24)13-8-12(13)11-4-2-3-5-14(11)18/h2-5,12-13H,6-10H2,1H3,(H,19,22)/t12-,13-/m1/s1. The van der Waals surface area contributed by atoms with Crippen LogP contribution in [-0.2, 0) is 14.4 Å². The second-order valence-electron chi connectivity index (χ2n) is 6.22. The number of nitrogens with one attached hydrogen (secondary N) is 1. The molecule has 6 nitrogen and oxygen atoms in total. The van der Waals surface area contributed by atoms with Crippen LogP contribution in [0.5, 0.6) is 0 Å². The van der Waals surface area contributed by atoms with Crippen LogP contribution in [0.25, 0.3) is 0 Å². The van der Waals surface area contributed by atoms with Gasteiger partial charge in [0.2, 0.25) is 17.7 Å². The monoisotopic (exact) mass is 349 g/mol. The molecule has 1 N–H and O–H groups in total. The summed E-state index contributed by atoms with van der Waals surface area (Å²) in [5.41, 5.74) is 1.00. The fourth-order valence-electron chi connectivity index (χ4n) is 3.14. The highest BCUT2D eigenvalue weighted by atomic mass is 35.5. The smallest absolute Gasteiger partial charge is 0.242 e. The number of hydrogen-bond donors (Lipinski definition) is 1. The van der Waals surface area contributed by atoms with E-state index in [-0.39, 0.29) is 42.6 Å². The zero-order valence-electron chi connectivity index (χ0n) is 13.5. The van der Waals surface area contributed by atoms with Gasteiger partial charge in [-0.15, -0.1) is 0 Å². The third-order valence-corrected chi connectivity index (χ3v) is 5.00. The van der Waals surface area contributed by atoms with Gasteiger partial charge in [0.05, 0.1) is 13.1 Å². The Hall–Kier alpha value is -2.08. The maximum atomic E-state index is 12.6. The van der Waals surface area contributed by atoms with Crippen LogP contribution in [0.4, 0.5) is 0 Å². The molecule has 24 heavy (non-hydrogen) atoms. The molecule has 0 aromatic heterocycles. The van der Waals surface area contributed by atoms with Gasteiger partial charge in [-0.3, -0.25) is 14.4 Å². The van der Waals surface area contributed by atoms with Gasteiger partial charge in [-0.25, -0.2) is 0 Å². The lowest BCUT2D eigenvalue weighted by atomic mass is 10.1. The number of likely N-dealkylation sites (N-methyl/N-ethyl adjacent to an activating group) is 1. The summed E-state index contributed by atoms with van der Waals surface area (Å²) in [6.07, 6.45) is 0.773. The quantitative estimate of drug-likeness (QED) is 0.876. The van der Waals surface area contributed by atoms with Gasteiger partial charge < -0.3 is 15.1 Å². The van der Waals surface area contributed by atoms with Gasteiger partial charge in [0, 0.05) is 31.1 Å². The van der Waals surface area contributed by atoms with E-state index in [1.54, 1.807) is 4.90 Å². The Morgan fingerprint density at radius 3 is 2.71 bits per heavy atom. The fraction of sp³-hybridized carbons (Fsp3) is 0.471. The first-order valence-corrected chi connectivity index (χ1v) is 8.40. The molecule has 0 radical (unpaired) electrons. The predicted molar refractivity (Wildman–Crippen MR) is 89.5 cm³/mol. The number of carbonyl (C=O) groups excluding carboxylic acids is 3. The van der Waals surface area contributed by atoms with Crippen molar-refractivity contribution in [2.24, 2.45) is 5.92 Å². The first-order chi connectivity index (χ1) is 11.5. The number of halogens is 1. The van der Waals surface area contributed by atoms with E-state index in [0.29, 0.717) is 18.1 Å².